The van der Waals surface area contributed by atoms with E-state index in [1.807, 2.05) is 13.0 Å². The van der Waals surface area contributed by atoms with Gasteiger partial charge >= 0.3 is 10.2 Å². The van der Waals surface area contributed by atoms with E-state index >= 15 is 0 Å². The first-order chi connectivity index (χ1) is 13.7. The van der Waals surface area contributed by atoms with Crippen molar-refractivity contribution in [2.75, 3.05) is 24.9 Å². The first-order valence-electron chi connectivity index (χ1n) is 9.56. The van der Waals surface area contributed by atoms with Crippen LogP contribution >= 0.6 is 0 Å². The number of nitrogens with one attached hydrogen (secondary N) is 1. The van der Waals surface area contributed by atoms with Crippen LogP contribution < -0.4 is 9.62 Å². The largest absolute Gasteiger partial charge is 0.348 e. The Morgan fingerprint density at radius 3 is 2.52 bits per heavy atom. The minimum atomic E-state index is -4.05. The predicted molar refractivity (Wildman–Crippen MR) is 111 cm³/mol. The Hall–Kier alpha value is -2.45. The molecule has 0 saturated heterocycles. The number of rotatable bonds is 7. The summed E-state index contributed by atoms with van der Waals surface area (Å²) in [4.78, 5) is 12.7. The molecule has 3 rings (SSSR count). The van der Waals surface area contributed by atoms with Gasteiger partial charge in [0.1, 0.15) is 12.4 Å². The molecule has 1 amide bonds. The summed E-state index contributed by atoms with van der Waals surface area (Å²) in [7, 11) is -1.37. The fourth-order valence-electron chi connectivity index (χ4n) is 3.50. The molecule has 0 fully saturated rings. The lowest BCUT2D eigenvalue weighted by Gasteiger charge is -2.27. The molecule has 6 nitrogen and oxygen atoms in total. The molecule has 0 saturated carbocycles. The van der Waals surface area contributed by atoms with Crippen LogP contribution in [0.25, 0.3) is 0 Å². The Morgan fingerprint density at radius 1 is 1.14 bits per heavy atom. The van der Waals surface area contributed by atoms with Crippen molar-refractivity contribution in [3.63, 3.8) is 0 Å². The third-order valence-electron chi connectivity index (χ3n) is 5.15. The van der Waals surface area contributed by atoms with Crippen molar-refractivity contribution in [1.82, 2.24) is 9.62 Å². The fourth-order valence-corrected chi connectivity index (χ4v) is 4.58. The molecule has 2 aromatic carbocycles. The average molecular weight is 420 g/mol. The third-order valence-corrected chi connectivity index (χ3v) is 6.95. The molecular formula is C21H26FN3O3S. The molecule has 1 atom stereocenters. The van der Waals surface area contributed by atoms with Crippen LogP contribution in [0.5, 0.6) is 0 Å². The fraction of sp³-hybridized carbons (Fsp3) is 0.381. The molecule has 0 unspecified atom stereocenters. The summed E-state index contributed by atoms with van der Waals surface area (Å²) in [6.07, 6.45) is 3.25. The molecule has 0 spiro atoms. The molecule has 0 aromatic heterocycles. The highest BCUT2D eigenvalue weighted by Crippen LogP contribution is 2.26. The van der Waals surface area contributed by atoms with Crippen LogP contribution in [-0.4, -0.2) is 39.3 Å². The highest BCUT2D eigenvalue weighted by atomic mass is 32.2. The van der Waals surface area contributed by atoms with Crippen LogP contribution in [-0.2, 0) is 27.8 Å². The normalized spacial score (nSPS) is 14.5. The number of hydrogen-bond donors (Lipinski definition) is 1. The topological polar surface area (TPSA) is 69.7 Å². The minimum Gasteiger partial charge on any atom is -0.348 e. The monoisotopic (exact) mass is 419 g/mol. The lowest BCUT2D eigenvalue weighted by molar-refractivity contribution is -0.120. The zero-order chi connectivity index (χ0) is 21.2. The number of fused-ring (bicyclic) bond motifs is 1. The van der Waals surface area contributed by atoms with Gasteiger partial charge in [-0.15, -0.1) is 0 Å². The maximum atomic E-state index is 14.3. The van der Waals surface area contributed by atoms with E-state index in [2.05, 4.69) is 17.4 Å². The van der Waals surface area contributed by atoms with Gasteiger partial charge < -0.3 is 5.32 Å². The molecule has 0 radical (unpaired) electrons. The van der Waals surface area contributed by atoms with Crippen molar-refractivity contribution in [2.24, 2.45) is 0 Å². The van der Waals surface area contributed by atoms with E-state index in [1.54, 1.807) is 0 Å². The maximum Gasteiger partial charge on any atom is 0.304 e. The second kappa shape index (κ2) is 8.51. The standard InChI is InChI=1S/C21H26FN3O3S/c1-15(17-12-11-16-7-6-8-18(16)13-17)23-21(26)14-25(29(27,28)24(2)3)20-10-5-4-9-19(20)22/h4-5,9-13,15H,6-8,14H2,1-3H3,(H,23,26)/t15-/m0/s1. The summed E-state index contributed by atoms with van der Waals surface area (Å²) in [5.41, 5.74) is 3.44. The average Bonchev–Trinajstić information content (AvgIpc) is 3.14. The van der Waals surface area contributed by atoms with E-state index in [-0.39, 0.29) is 11.7 Å². The van der Waals surface area contributed by atoms with Gasteiger partial charge in [0, 0.05) is 14.1 Å². The summed E-state index contributed by atoms with van der Waals surface area (Å²) in [5.74, 6) is -1.22. The number of carbonyl (C=O) groups excluding carboxylic acids is 1. The van der Waals surface area contributed by atoms with E-state index < -0.39 is 28.5 Å². The summed E-state index contributed by atoms with van der Waals surface area (Å²) in [5, 5.41) is 2.83. The predicted octanol–water partition coefficient (Wildman–Crippen LogP) is 2.80. The van der Waals surface area contributed by atoms with Gasteiger partial charge in [-0.25, -0.2) is 8.70 Å². The number of halogens is 1. The van der Waals surface area contributed by atoms with Crippen molar-refractivity contribution in [1.29, 1.82) is 0 Å². The van der Waals surface area contributed by atoms with E-state index in [1.165, 1.54) is 49.5 Å². The van der Waals surface area contributed by atoms with Crippen LogP contribution in [0.1, 0.15) is 36.1 Å². The summed E-state index contributed by atoms with van der Waals surface area (Å²) < 4.78 is 41.4. The number of nitrogens with zero attached hydrogens (tertiary/aromatic N) is 2. The van der Waals surface area contributed by atoms with Crippen molar-refractivity contribution < 1.29 is 17.6 Å². The molecule has 1 aliphatic carbocycles. The highest BCUT2D eigenvalue weighted by Gasteiger charge is 2.29. The van der Waals surface area contributed by atoms with Gasteiger partial charge in [-0.1, -0.05) is 30.3 Å². The van der Waals surface area contributed by atoms with Crippen LogP contribution in [0.4, 0.5) is 10.1 Å². The van der Waals surface area contributed by atoms with Gasteiger partial charge in [-0.2, -0.15) is 12.7 Å². The van der Waals surface area contributed by atoms with Crippen LogP contribution in [0.2, 0.25) is 0 Å². The first kappa shape index (κ1) is 21.3. The number of benzene rings is 2. The van der Waals surface area contributed by atoms with Crippen molar-refractivity contribution in [3.8, 4) is 0 Å². The molecule has 1 aliphatic rings. The molecular weight excluding hydrogens is 393 g/mol. The van der Waals surface area contributed by atoms with Gasteiger partial charge in [-0.3, -0.25) is 4.79 Å². The first-order valence-corrected chi connectivity index (χ1v) is 11.0. The Morgan fingerprint density at radius 2 is 1.83 bits per heavy atom. The molecule has 2 aromatic rings. The van der Waals surface area contributed by atoms with Gasteiger partial charge in [0.2, 0.25) is 5.91 Å². The third kappa shape index (κ3) is 4.59. The highest BCUT2D eigenvalue weighted by molar-refractivity contribution is 7.90. The Balaban J connectivity index is 1.79. The smallest absolute Gasteiger partial charge is 0.304 e. The Bertz CT molecular complexity index is 1010. The van der Waals surface area contributed by atoms with E-state index in [0.717, 1.165) is 33.4 Å². The number of para-hydroxylation sites is 1. The zero-order valence-corrected chi connectivity index (χ0v) is 17.7. The summed E-state index contributed by atoms with van der Waals surface area (Å²) in [6, 6.07) is 11.4. The molecule has 29 heavy (non-hydrogen) atoms. The van der Waals surface area contributed by atoms with E-state index in [9.17, 15) is 17.6 Å². The lowest BCUT2D eigenvalue weighted by atomic mass is 10.0. The number of aryl methyl sites for hydroxylation is 2. The number of anilines is 1. The lowest BCUT2D eigenvalue weighted by Crippen LogP contribution is -2.46. The maximum absolute atomic E-state index is 14.3. The Kier molecular flexibility index (Phi) is 6.24. The molecule has 0 heterocycles. The van der Waals surface area contributed by atoms with Gasteiger partial charge in [0.05, 0.1) is 11.7 Å². The summed E-state index contributed by atoms with van der Waals surface area (Å²) in [6.45, 7) is 1.33. The second-order valence-electron chi connectivity index (χ2n) is 7.42. The zero-order valence-electron chi connectivity index (χ0n) is 16.9. The number of carbonyl (C=O) groups is 1. The molecule has 1 N–H and O–H groups in total. The number of amides is 1. The van der Waals surface area contributed by atoms with Crippen molar-refractivity contribution >= 4 is 21.8 Å². The molecule has 0 bridgehead atoms. The molecule has 156 valence electrons. The van der Waals surface area contributed by atoms with Crippen LogP contribution in [0.3, 0.4) is 0 Å². The summed E-state index contributed by atoms with van der Waals surface area (Å²) >= 11 is 0. The quantitative estimate of drug-likeness (QED) is 0.750. The van der Waals surface area contributed by atoms with E-state index in [4.69, 9.17) is 0 Å². The molecule has 8 heteroatoms. The van der Waals surface area contributed by atoms with Crippen LogP contribution in [0.15, 0.2) is 42.5 Å². The Labute approximate surface area is 171 Å². The van der Waals surface area contributed by atoms with Crippen molar-refractivity contribution in [2.45, 2.75) is 32.2 Å². The van der Waals surface area contributed by atoms with Gasteiger partial charge in [-0.05, 0) is 55.0 Å². The second-order valence-corrected chi connectivity index (χ2v) is 9.49. The van der Waals surface area contributed by atoms with Gasteiger partial charge in [0.25, 0.3) is 0 Å². The van der Waals surface area contributed by atoms with Gasteiger partial charge in [0.15, 0.2) is 0 Å². The number of hydrogen-bond acceptors (Lipinski definition) is 3. The minimum absolute atomic E-state index is 0.165. The SMILES string of the molecule is C[C@H](NC(=O)CN(c1ccccc1F)S(=O)(=O)N(C)C)c1ccc2c(c1)CCC2. The van der Waals surface area contributed by atoms with Crippen molar-refractivity contribution in [3.05, 3.63) is 65.0 Å². The molecule has 0 aliphatic heterocycles. The van der Waals surface area contributed by atoms with E-state index in [0.29, 0.717) is 0 Å². The van der Waals surface area contributed by atoms with Crippen LogP contribution in [0, 0.1) is 5.82 Å².